The van der Waals surface area contributed by atoms with Gasteiger partial charge in [-0.25, -0.2) is 4.39 Å². The summed E-state index contributed by atoms with van der Waals surface area (Å²) in [6, 6.07) is 6.43. The zero-order valence-electron chi connectivity index (χ0n) is 22.0. The van der Waals surface area contributed by atoms with Gasteiger partial charge in [-0.15, -0.1) is 0 Å². The predicted octanol–water partition coefficient (Wildman–Crippen LogP) is 6.83. The van der Waals surface area contributed by atoms with Crippen LogP contribution in [0.3, 0.4) is 0 Å². The van der Waals surface area contributed by atoms with Crippen molar-refractivity contribution in [2.24, 2.45) is 0 Å². The Hall–Kier alpha value is -3.48. The number of carbonyl (C=O) groups is 1. The highest BCUT2D eigenvalue weighted by Crippen LogP contribution is 2.46. The van der Waals surface area contributed by atoms with E-state index in [0.29, 0.717) is 42.3 Å². The quantitative estimate of drug-likeness (QED) is 0.297. The third kappa shape index (κ3) is 5.95. The molecule has 0 bridgehead atoms. The Bertz CT molecular complexity index is 1370. The number of piperidine rings is 1. The van der Waals surface area contributed by atoms with E-state index >= 15 is 0 Å². The number of halogens is 7. The Morgan fingerprint density at radius 1 is 1.05 bits per heavy atom. The molecule has 2 aliphatic heterocycles. The van der Waals surface area contributed by atoms with Crippen molar-refractivity contribution in [1.29, 1.82) is 0 Å². The van der Waals surface area contributed by atoms with Gasteiger partial charge in [-0.05, 0) is 54.8 Å². The first-order valence-electron chi connectivity index (χ1n) is 13.1. The van der Waals surface area contributed by atoms with E-state index < -0.39 is 59.4 Å². The second-order valence-electron chi connectivity index (χ2n) is 10.4. The summed E-state index contributed by atoms with van der Waals surface area (Å²) in [5, 5.41) is 3.91. The molecule has 1 amide bonds. The van der Waals surface area contributed by atoms with Crippen LogP contribution in [0.4, 0.5) is 30.7 Å². The minimum absolute atomic E-state index is 0.0533. The summed E-state index contributed by atoms with van der Waals surface area (Å²) in [5.74, 6) is -0.861. The fraction of sp³-hybridized carbons (Fsp3) is 0.464. The van der Waals surface area contributed by atoms with Crippen LogP contribution in [0.5, 0.6) is 0 Å². The lowest BCUT2D eigenvalue weighted by molar-refractivity contribution is -0.143. The normalized spacial score (nSPS) is 24.0. The Balaban J connectivity index is 1.48. The number of benzene rings is 2. The highest BCUT2D eigenvalue weighted by molar-refractivity contribution is 5.79. The molecule has 5 atom stereocenters. The van der Waals surface area contributed by atoms with Crippen LogP contribution in [0.25, 0.3) is 0 Å². The average molecular weight is 586 g/mol. The van der Waals surface area contributed by atoms with E-state index in [2.05, 4.69) is 10.1 Å². The van der Waals surface area contributed by atoms with E-state index in [9.17, 15) is 35.5 Å². The van der Waals surface area contributed by atoms with Crippen molar-refractivity contribution in [2.75, 3.05) is 6.54 Å². The van der Waals surface area contributed by atoms with Crippen LogP contribution < -0.4 is 0 Å². The Morgan fingerprint density at radius 2 is 1.68 bits per heavy atom. The molecular weight excluding hydrogens is 559 g/mol. The number of carbonyl (C=O) groups excluding carboxylic acids is 1. The van der Waals surface area contributed by atoms with Crippen molar-refractivity contribution in [1.82, 2.24) is 15.0 Å². The van der Waals surface area contributed by atoms with Gasteiger partial charge in [0.05, 0.1) is 23.3 Å². The van der Waals surface area contributed by atoms with Crippen molar-refractivity contribution in [3.8, 4) is 0 Å². The van der Waals surface area contributed by atoms with Gasteiger partial charge in [0, 0.05) is 37.3 Å². The van der Waals surface area contributed by atoms with Crippen LogP contribution in [-0.2, 0) is 28.3 Å². The van der Waals surface area contributed by atoms with Gasteiger partial charge in [0.1, 0.15) is 5.82 Å². The third-order valence-corrected chi connectivity index (χ3v) is 7.72. The fourth-order valence-electron chi connectivity index (χ4n) is 5.72. The second-order valence-corrected chi connectivity index (χ2v) is 10.4. The number of nitrogens with zero attached hydrogens (tertiary/aromatic N) is 3. The lowest BCUT2D eigenvalue weighted by atomic mass is 9.81. The number of aryl methyl sites for hydroxylation is 1. The summed E-state index contributed by atoms with van der Waals surface area (Å²) in [4.78, 5) is 19.2. The molecule has 1 aromatic heterocycles. The van der Waals surface area contributed by atoms with Crippen LogP contribution >= 0.6 is 0 Å². The molecule has 2 aliphatic rings. The maximum Gasteiger partial charge on any atom is 0.416 e. The molecule has 0 aliphatic carbocycles. The Kier molecular flexibility index (Phi) is 7.60. The first kappa shape index (κ1) is 29.0. The Labute approximate surface area is 230 Å². The largest absolute Gasteiger partial charge is 0.416 e. The molecule has 0 N–H and O–H groups in total. The molecule has 2 aromatic carbocycles. The van der Waals surface area contributed by atoms with Gasteiger partial charge in [-0.2, -0.15) is 31.3 Å². The van der Waals surface area contributed by atoms with Crippen LogP contribution in [0.1, 0.15) is 78.6 Å². The second kappa shape index (κ2) is 10.7. The number of fused-ring (bicyclic) bond motifs is 1. The minimum Gasteiger partial charge on any atom is -0.368 e. The average Bonchev–Trinajstić information content (AvgIpc) is 3.53. The maximum atomic E-state index is 13.8. The van der Waals surface area contributed by atoms with E-state index in [0.717, 1.165) is 0 Å². The predicted molar refractivity (Wildman–Crippen MR) is 130 cm³/mol. The van der Waals surface area contributed by atoms with Gasteiger partial charge in [-0.1, -0.05) is 24.2 Å². The summed E-state index contributed by atoms with van der Waals surface area (Å²) in [5.41, 5.74) is -2.58. The molecule has 3 heterocycles. The zero-order valence-corrected chi connectivity index (χ0v) is 22.0. The zero-order chi connectivity index (χ0) is 29.7. The number of hydrogen-bond donors (Lipinski definition) is 0. The van der Waals surface area contributed by atoms with Crippen LogP contribution in [0.15, 0.2) is 47.0 Å². The molecule has 0 saturated carbocycles. The van der Waals surface area contributed by atoms with Gasteiger partial charge < -0.3 is 14.2 Å². The summed E-state index contributed by atoms with van der Waals surface area (Å²) in [6.07, 6.45) is -11.0. The van der Waals surface area contributed by atoms with Crippen molar-refractivity contribution in [2.45, 2.75) is 75.5 Å². The van der Waals surface area contributed by atoms with E-state index in [1.165, 1.54) is 31.2 Å². The topological polar surface area (TPSA) is 68.5 Å². The lowest BCUT2D eigenvalue weighted by Crippen LogP contribution is -2.43. The van der Waals surface area contributed by atoms with Gasteiger partial charge in [0.15, 0.2) is 5.82 Å². The summed E-state index contributed by atoms with van der Waals surface area (Å²) < 4.78 is 106. The fourth-order valence-corrected chi connectivity index (χ4v) is 5.72. The number of aromatic nitrogens is 2. The molecule has 5 rings (SSSR count). The summed E-state index contributed by atoms with van der Waals surface area (Å²) in [6.45, 7) is 3.27. The summed E-state index contributed by atoms with van der Waals surface area (Å²) >= 11 is 0. The molecule has 41 heavy (non-hydrogen) atoms. The molecule has 3 aromatic rings. The Morgan fingerprint density at radius 3 is 2.24 bits per heavy atom. The number of rotatable bonds is 6. The number of hydrogen-bond acceptors (Lipinski definition) is 5. The molecule has 6 nitrogen and oxygen atoms in total. The molecule has 2 fully saturated rings. The molecule has 0 spiro atoms. The molecule has 13 heteroatoms. The summed E-state index contributed by atoms with van der Waals surface area (Å²) in [7, 11) is 0. The van der Waals surface area contributed by atoms with Crippen molar-refractivity contribution in [3.63, 3.8) is 0 Å². The van der Waals surface area contributed by atoms with E-state index in [1.807, 2.05) is 6.92 Å². The molecule has 220 valence electrons. The maximum absolute atomic E-state index is 13.8. The van der Waals surface area contributed by atoms with E-state index in [1.54, 1.807) is 4.90 Å². The highest BCUT2D eigenvalue weighted by atomic mass is 19.4. The van der Waals surface area contributed by atoms with Gasteiger partial charge in [0.25, 0.3) is 0 Å². The van der Waals surface area contributed by atoms with Crippen LogP contribution in [0, 0.1) is 5.82 Å². The number of alkyl halides is 6. The number of amides is 1. The van der Waals surface area contributed by atoms with Crippen molar-refractivity contribution < 1.29 is 44.8 Å². The SMILES string of the molecule is CCc1noc(C2CC(=O)N3CC(O[C@H](C)c4cc(C(F)(F)F)cc(C(F)(F)F)c4)[C@@H](c4ccc(F)cc4)C3C2)n1. The lowest BCUT2D eigenvalue weighted by Gasteiger charge is -2.35. The van der Waals surface area contributed by atoms with Crippen molar-refractivity contribution in [3.05, 3.63) is 82.3 Å². The van der Waals surface area contributed by atoms with Crippen LogP contribution in [-0.4, -0.2) is 39.6 Å². The van der Waals surface area contributed by atoms with Crippen LogP contribution in [0.2, 0.25) is 0 Å². The first-order chi connectivity index (χ1) is 19.2. The molecule has 0 radical (unpaired) electrons. The molecule has 2 saturated heterocycles. The third-order valence-electron chi connectivity index (χ3n) is 7.72. The molecule has 3 unspecified atom stereocenters. The van der Waals surface area contributed by atoms with Crippen molar-refractivity contribution >= 4 is 5.91 Å². The smallest absolute Gasteiger partial charge is 0.368 e. The first-order valence-corrected chi connectivity index (χ1v) is 13.1. The number of ether oxygens (including phenoxy) is 1. The highest BCUT2D eigenvalue weighted by Gasteiger charge is 2.50. The van der Waals surface area contributed by atoms with Gasteiger partial charge in [-0.3, -0.25) is 4.79 Å². The van der Waals surface area contributed by atoms with Gasteiger partial charge >= 0.3 is 12.4 Å². The van der Waals surface area contributed by atoms with Gasteiger partial charge in [0.2, 0.25) is 11.8 Å². The monoisotopic (exact) mass is 585 g/mol. The van der Waals surface area contributed by atoms with E-state index in [-0.39, 0.29) is 30.5 Å². The standard InChI is InChI=1S/C28H26F7N3O3/c1-3-23-36-26(41-37-23)17-10-21-25(15-4-6-20(29)7-5-15)22(13-38(21)24(39)11-17)40-14(2)16-8-18(27(30,31)32)12-19(9-16)28(33,34)35/h4-9,12,14,17,21-22,25H,3,10-11,13H2,1-2H3/t14-,17?,21?,22?,25+/m1/s1. The molecular formula is C28H26F7N3O3. The minimum atomic E-state index is -5.01. The van der Waals surface area contributed by atoms with E-state index in [4.69, 9.17) is 9.26 Å².